The first-order chi connectivity index (χ1) is 12.4. The first-order valence-corrected chi connectivity index (χ1v) is 9.92. The quantitative estimate of drug-likeness (QED) is 0.572. The molecule has 0 saturated heterocycles. The predicted octanol–water partition coefficient (Wildman–Crippen LogP) is 5.65. The Morgan fingerprint density at radius 3 is 2.00 bits per heavy atom. The summed E-state index contributed by atoms with van der Waals surface area (Å²) in [6.07, 6.45) is 1.84. The first kappa shape index (κ1) is 20.4. The molecule has 0 aliphatic heterocycles. The maximum atomic E-state index is 4.35. The molecule has 0 saturated carbocycles. The van der Waals surface area contributed by atoms with E-state index in [1.54, 1.807) is 0 Å². The van der Waals surface area contributed by atoms with E-state index in [0.717, 1.165) is 25.3 Å². The minimum Gasteiger partial charge on any atom is -0.383 e. The summed E-state index contributed by atoms with van der Waals surface area (Å²) in [6.45, 7) is 16.3. The number of pyridine rings is 1. The van der Waals surface area contributed by atoms with Gasteiger partial charge in [0, 0.05) is 31.5 Å². The minimum absolute atomic E-state index is 0.509. The Balaban J connectivity index is 2.06. The molecule has 1 aromatic carbocycles. The molecule has 3 heteroatoms. The van der Waals surface area contributed by atoms with Crippen LogP contribution in [-0.2, 0) is 6.54 Å². The SMILES string of the molecule is CC(C)c1cc(C(C)C)c(NCCNCc2ccccn2)c(C(C)C)c1. The van der Waals surface area contributed by atoms with E-state index in [1.165, 1.54) is 22.4 Å². The van der Waals surface area contributed by atoms with E-state index in [0.29, 0.717) is 17.8 Å². The molecule has 0 radical (unpaired) electrons. The fourth-order valence-electron chi connectivity index (χ4n) is 3.15. The van der Waals surface area contributed by atoms with Gasteiger partial charge in [-0.3, -0.25) is 4.98 Å². The van der Waals surface area contributed by atoms with Crippen LogP contribution in [0.1, 0.15) is 81.7 Å². The average molecular weight is 354 g/mol. The van der Waals surface area contributed by atoms with Crippen LogP contribution in [0.15, 0.2) is 36.5 Å². The van der Waals surface area contributed by atoms with Crippen molar-refractivity contribution in [3.8, 4) is 0 Å². The molecular weight excluding hydrogens is 318 g/mol. The second-order valence-corrected chi connectivity index (χ2v) is 7.96. The van der Waals surface area contributed by atoms with E-state index in [2.05, 4.69) is 75.4 Å². The molecule has 2 rings (SSSR count). The molecule has 0 fully saturated rings. The second kappa shape index (κ2) is 9.72. The van der Waals surface area contributed by atoms with Gasteiger partial charge in [-0.1, -0.05) is 59.7 Å². The van der Waals surface area contributed by atoms with Gasteiger partial charge in [0.25, 0.3) is 0 Å². The van der Waals surface area contributed by atoms with Crippen molar-refractivity contribution in [1.29, 1.82) is 0 Å². The van der Waals surface area contributed by atoms with Gasteiger partial charge in [0.05, 0.1) is 5.69 Å². The van der Waals surface area contributed by atoms with E-state index in [1.807, 2.05) is 18.3 Å². The monoisotopic (exact) mass is 353 g/mol. The van der Waals surface area contributed by atoms with Gasteiger partial charge in [0.1, 0.15) is 0 Å². The molecule has 1 heterocycles. The normalized spacial score (nSPS) is 11.6. The molecule has 0 spiro atoms. The van der Waals surface area contributed by atoms with Crippen molar-refractivity contribution < 1.29 is 0 Å². The zero-order valence-corrected chi connectivity index (χ0v) is 17.3. The van der Waals surface area contributed by atoms with E-state index in [9.17, 15) is 0 Å². The van der Waals surface area contributed by atoms with Crippen LogP contribution in [0.4, 0.5) is 5.69 Å². The van der Waals surface area contributed by atoms with Crippen molar-refractivity contribution in [2.24, 2.45) is 0 Å². The lowest BCUT2D eigenvalue weighted by Crippen LogP contribution is -2.23. The minimum atomic E-state index is 0.509. The Hall–Kier alpha value is -1.87. The van der Waals surface area contributed by atoms with Gasteiger partial charge in [0.15, 0.2) is 0 Å². The van der Waals surface area contributed by atoms with Crippen LogP contribution in [0.25, 0.3) is 0 Å². The van der Waals surface area contributed by atoms with Crippen molar-refractivity contribution in [3.63, 3.8) is 0 Å². The average Bonchev–Trinajstić information content (AvgIpc) is 2.61. The van der Waals surface area contributed by atoms with Crippen LogP contribution in [-0.4, -0.2) is 18.1 Å². The molecule has 1 aromatic heterocycles. The van der Waals surface area contributed by atoms with Gasteiger partial charge in [-0.2, -0.15) is 0 Å². The fraction of sp³-hybridized carbons (Fsp3) is 0.522. The zero-order chi connectivity index (χ0) is 19.1. The van der Waals surface area contributed by atoms with Gasteiger partial charge in [0.2, 0.25) is 0 Å². The third-order valence-corrected chi connectivity index (χ3v) is 4.77. The molecule has 0 aliphatic carbocycles. The number of hydrogen-bond acceptors (Lipinski definition) is 3. The second-order valence-electron chi connectivity index (χ2n) is 7.96. The summed E-state index contributed by atoms with van der Waals surface area (Å²) in [5, 5.41) is 7.19. The molecular formula is C23H35N3. The Bertz CT molecular complexity index is 646. The van der Waals surface area contributed by atoms with E-state index < -0.39 is 0 Å². The number of rotatable bonds is 9. The molecule has 142 valence electrons. The smallest absolute Gasteiger partial charge is 0.0541 e. The summed E-state index contributed by atoms with van der Waals surface area (Å²) in [5.41, 5.74) is 6.73. The number of anilines is 1. The number of hydrogen-bond donors (Lipinski definition) is 2. The topological polar surface area (TPSA) is 37.0 Å². The molecule has 0 bridgehead atoms. The van der Waals surface area contributed by atoms with Gasteiger partial charge in [-0.05, 0) is 46.6 Å². The summed E-state index contributed by atoms with van der Waals surface area (Å²) in [6, 6.07) is 10.8. The maximum Gasteiger partial charge on any atom is 0.0541 e. The van der Waals surface area contributed by atoms with Crippen LogP contribution in [0.5, 0.6) is 0 Å². The Labute approximate surface area is 159 Å². The first-order valence-electron chi connectivity index (χ1n) is 9.92. The van der Waals surface area contributed by atoms with Gasteiger partial charge in [-0.25, -0.2) is 0 Å². The van der Waals surface area contributed by atoms with Crippen LogP contribution < -0.4 is 10.6 Å². The van der Waals surface area contributed by atoms with Gasteiger partial charge in [-0.15, -0.1) is 0 Å². The van der Waals surface area contributed by atoms with Crippen LogP contribution in [0.3, 0.4) is 0 Å². The zero-order valence-electron chi connectivity index (χ0n) is 17.3. The van der Waals surface area contributed by atoms with Crippen molar-refractivity contribution in [2.75, 3.05) is 18.4 Å². The van der Waals surface area contributed by atoms with Crippen molar-refractivity contribution >= 4 is 5.69 Å². The van der Waals surface area contributed by atoms with Crippen molar-refractivity contribution in [1.82, 2.24) is 10.3 Å². The highest BCUT2D eigenvalue weighted by atomic mass is 15.0. The Morgan fingerprint density at radius 1 is 0.846 bits per heavy atom. The summed E-state index contributed by atoms with van der Waals surface area (Å²) >= 11 is 0. The van der Waals surface area contributed by atoms with Crippen LogP contribution >= 0.6 is 0 Å². The van der Waals surface area contributed by atoms with E-state index in [-0.39, 0.29) is 0 Å². The summed E-state index contributed by atoms with van der Waals surface area (Å²) in [4.78, 5) is 4.35. The third kappa shape index (κ3) is 5.57. The molecule has 2 N–H and O–H groups in total. The van der Waals surface area contributed by atoms with Crippen molar-refractivity contribution in [3.05, 3.63) is 58.9 Å². The lowest BCUT2D eigenvalue weighted by atomic mass is 9.87. The largest absolute Gasteiger partial charge is 0.383 e. The van der Waals surface area contributed by atoms with Crippen LogP contribution in [0.2, 0.25) is 0 Å². The molecule has 0 amide bonds. The lowest BCUT2D eigenvalue weighted by molar-refractivity contribution is 0.691. The molecule has 0 unspecified atom stereocenters. The summed E-state index contributed by atoms with van der Waals surface area (Å²) in [5.74, 6) is 1.57. The summed E-state index contributed by atoms with van der Waals surface area (Å²) < 4.78 is 0. The van der Waals surface area contributed by atoms with Crippen molar-refractivity contribution in [2.45, 2.75) is 65.8 Å². The number of nitrogens with one attached hydrogen (secondary N) is 2. The Morgan fingerprint density at radius 2 is 1.50 bits per heavy atom. The highest BCUT2D eigenvalue weighted by Gasteiger charge is 2.16. The van der Waals surface area contributed by atoms with E-state index in [4.69, 9.17) is 0 Å². The molecule has 0 aliphatic rings. The number of nitrogens with zero attached hydrogens (tertiary/aromatic N) is 1. The summed E-state index contributed by atoms with van der Waals surface area (Å²) in [7, 11) is 0. The lowest BCUT2D eigenvalue weighted by Gasteiger charge is -2.24. The molecule has 26 heavy (non-hydrogen) atoms. The fourth-order valence-corrected chi connectivity index (χ4v) is 3.15. The van der Waals surface area contributed by atoms with Gasteiger partial charge < -0.3 is 10.6 Å². The predicted molar refractivity (Wildman–Crippen MR) is 113 cm³/mol. The van der Waals surface area contributed by atoms with Gasteiger partial charge >= 0.3 is 0 Å². The molecule has 2 aromatic rings. The highest BCUT2D eigenvalue weighted by Crippen LogP contribution is 2.35. The number of benzene rings is 1. The third-order valence-electron chi connectivity index (χ3n) is 4.77. The standard InChI is InChI=1S/C23H35N3/c1-16(2)19-13-21(17(3)4)23(22(14-19)18(5)6)26-12-11-24-15-20-9-7-8-10-25-20/h7-10,13-14,16-18,24,26H,11-12,15H2,1-6H3. The molecule has 0 atom stereocenters. The highest BCUT2D eigenvalue weighted by molar-refractivity contribution is 5.62. The van der Waals surface area contributed by atoms with E-state index >= 15 is 0 Å². The maximum absolute atomic E-state index is 4.35. The molecule has 3 nitrogen and oxygen atoms in total. The number of aromatic nitrogens is 1. The Kier molecular flexibility index (Phi) is 7.65. The van der Waals surface area contributed by atoms with Crippen LogP contribution in [0, 0.1) is 0 Å².